The first-order chi connectivity index (χ1) is 35.9. The lowest BCUT2D eigenvalue weighted by Gasteiger charge is -2.39. The second-order valence-electron chi connectivity index (χ2n) is 21.5. The summed E-state index contributed by atoms with van der Waals surface area (Å²) >= 11 is 0. The van der Waals surface area contributed by atoms with Gasteiger partial charge in [0.2, 0.25) is 0 Å². The number of benzene rings is 2. The first-order valence-electron chi connectivity index (χ1n) is 26.8. The Morgan fingerprint density at radius 1 is 0.507 bits per heavy atom. The van der Waals surface area contributed by atoms with Crippen molar-refractivity contribution >= 4 is 35.5 Å². The molecule has 20 nitrogen and oxygen atoms in total. The molecule has 6 rings (SSSR count). The summed E-state index contributed by atoms with van der Waals surface area (Å²) in [6.07, 6.45) is 3.80. The molecule has 2 aromatic carbocycles. The topological polar surface area (TPSA) is 191 Å². The van der Waals surface area contributed by atoms with E-state index in [0.717, 1.165) is 103 Å². The molecule has 1 N–H and O–H groups in total. The summed E-state index contributed by atoms with van der Waals surface area (Å²) in [5, 5.41) is 9.43. The van der Waals surface area contributed by atoms with Crippen molar-refractivity contribution in [2.45, 2.75) is 78.4 Å². The van der Waals surface area contributed by atoms with Gasteiger partial charge in [-0.15, -0.1) is 0 Å². The van der Waals surface area contributed by atoms with Crippen LogP contribution in [0.2, 0.25) is 0 Å². The quantitative estimate of drug-likeness (QED) is 0.0765. The van der Waals surface area contributed by atoms with E-state index in [2.05, 4.69) is 19.6 Å². The van der Waals surface area contributed by atoms with Gasteiger partial charge in [0.15, 0.2) is 0 Å². The molecule has 2 amide bonds. The van der Waals surface area contributed by atoms with E-state index in [9.17, 15) is 24.3 Å². The number of nitrogens with zero attached hydrogens (tertiary/aromatic N) is 6. The number of ether oxygens (including phenoxy) is 9. The fourth-order valence-corrected chi connectivity index (χ4v) is 9.39. The van der Waals surface area contributed by atoms with Crippen molar-refractivity contribution in [3.05, 3.63) is 47.5 Å². The molecule has 422 valence electrons. The monoisotopic (exact) mass is 1060 g/mol. The van der Waals surface area contributed by atoms with Gasteiger partial charge in [0.05, 0.1) is 69.3 Å². The van der Waals surface area contributed by atoms with Crippen LogP contribution in [0.15, 0.2) is 36.4 Å². The van der Waals surface area contributed by atoms with Crippen LogP contribution < -0.4 is 19.3 Å². The van der Waals surface area contributed by atoms with E-state index < -0.39 is 17.2 Å². The average Bonchev–Trinajstić information content (AvgIpc) is 3.38. The van der Waals surface area contributed by atoms with Gasteiger partial charge in [-0.3, -0.25) is 9.80 Å². The van der Waals surface area contributed by atoms with Crippen LogP contribution in [0.1, 0.15) is 87.9 Å². The standard InChI is InChI=1S/C28H45N3O7.C27H43N3O7/c1-28(2,3)38-27(33)31-14-12-29(13-15-31)21-22-8-10-30(11-9-22)24-7-6-23(26(32)35-5)20-25(24)37-19-18-36-17-16-34-4;1-27(2,3)37-26(33)30-13-11-28(12-14-30)20-21-7-9-29(10-8-21)23-6-5-22(25(31)32)19-24(23)36-18-17-35-16-15-34-4/h6-7,20,22H,8-19,21H2,1-5H3;5-6,19,21H,7-18,20H2,1-4H3,(H,31,32). The molecule has 4 aliphatic heterocycles. The molecule has 4 aliphatic rings. The molecule has 20 heteroatoms. The molecule has 4 heterocycles. The molecule has 0 unspecified atom stereocenters. The molecule has 2 aromatic rings. The number of anilines is 2. The normalized spacial score (nSPS) is 17.5. The number of carboxylic acids is 1. The molecule has 0 aliphatic carbocycles. The van der Waals surface area contributed by atoms with Gasteiger partial charge < -0.3 is 67.3 Å². The molecule has 4 fully saturated rings. The van der Waals surface area contributed by atoms with Gasteiger partial charge in [0, 0.05) is 106 Å². The lowest BCUT2D eigenvalue weighted by molar-refractivity contribution is 0.0121. The number of esters is 1. The van der Waals surface area contributed by atoms with Crippen molar-refractivity contribution in [1.82, 2.24) is 19.6 Å². The van der Waals surface area contributed by atoms with E-state index in [1.54, 1.807) is 43.4 Å². The maximum Gasteiger partial charge on any atom is 0.410 e. The fourth-order valence-electron chi connectivity index (χ4n) is 9.39. The number of piperidine rings is 2. The zero-order valence-electron chi connectivity index (χ0n) is 46.4. The van der Waals surface area contributed by atoms with Crippen molar-refractivity contribution < 1.29 is 66.9 Å². The number of hydrogen-bond acceptors (Lipinski definition) is 17. The number of methoxy groups -OCH3 is 3. The third kappa shape index (κ3) is 21.1. The Morgan fingerprint density at radius 2 is 0.880 bits per heavy atom. The number of carbonyl (C=O) groups is 4. The number of piperazine rings is 2. The smallest absolute Gasteiger partial charge is 0.410 e. The number of hydrogen-bond donors (Lipinski definition) is 1. The summed E-state index contributed by atoms with van der Waals surface area (Å²) in [6, 6.07) is 10.6. The molecule has 0 aromatic heterocycles. The van der Waals surface area contributed by atoms with E-state index in [4.69, 9.17) is 42.6 Å². The van der Waals surface area contributed by atoms with Crippen LogP contribution >= 0.6 is 0 Å². The summed E-state index contributed by atoms with van der Waals surface area (Å²) < 4.78 is 48.9. The summed E-state index contributed by atoms with van der Waals surface area (Å²) in [5.41, 5.74) is 1.64. The second kappa shape index (κ2) is 30.6. The predicted molar refractivity (Wildman–Crippen MR) is 286 cm³/mol. The highest BCUT2D eigenvalue weighted by Gasteiger charge is 2.31. The van der Waals surface area contributed by atoms with Gasteiger partial charge >= 0.3 is 24.1 Å². The second-order valence-corrected chi connectivity index (χ2v) is 21.5. The van der Waals surface area contributed by atoms with E-state index in [0.29, 0.717) is 108 Å². The Labute approximate surface area is 445 Å². The van der Waals surface area contributed by atoms with Gasteiger partial charge in [-0.1, -0.05) is 0 Å². The van der Waals surface area contributed by atoms with Gasteiger partial charge in [0.25, 0.3) is 0 Å². The third-order valence-corrected chi connectivity index (χ3v) is 13.4. The number of carbonyl (C=O) groups excluding carboxylic acids is 3. The van der Waals surface area contributed by atoms with E-state index in [1.807, 2.05) is 58.6 Å². The highest BCUT2D eigenvalue weighted by Crippen LogP contribution is 2.35. The summed E-state index contributed by atoms with van der Waals surface area (Å²) in [4.78, 5) is 61.4. The largest absolute Gasteiger partial charge is 0.489 e. The summed E-state index contributed by atoms with van der Waals surface area (Å²) in [6.45, 7) is 26.9. The lowest BCUT2D eigenvalue weighted by atomic mass is 9.95. The average molecular weight is 1060 g/mol. The number of carboxylic acid groups (broad SMARTS) is 1. The molecule has 0 bridgehead atoms. The van der Waals surface area contributed by atoms with Gasteiger partial charge in [-0.05, 0) is 115 Å². The van der Waals surface area contributed by atoms with E-state index in [-0.39, 0.29) is 23.7 Å². The van der Waals surface area contributed by atoms with Gasteiger partial charge in [-0.25, -0.2) is 19.2 Å². The lowest BCUT2D eigenvalue weighted by Crippen LogP contribution is -2.51. The first kappa shape index (κ1) is 60.7. The van der Waals surface area contributed by atoms with Crippen LogP contribution in [0.4, 0.5) is 21.0 Å². The van der Waals surface area contributed by atoms with Crippen LogP contribution in [0.3, 0.4) is 0 Å². The SMILES string of the molecule is COCCOCCOc1cc(C(=O)O)ccc1N1CCC(CN2CCN(C(=O)OC(C)(C)C)CC2)CC1.COCCOCCOc1cc(C(=O)OC)ccc1N1CCC(CN2CCN(C(=O)OC(C)(C)C)CC2)CC1. The van der Waals surface area contributed by atoms with E-state index in [1.165, 1.54) is 7.11 Å². The Hall–Kier alpha value is -5.12. The molecular weight excluding hydrogens is 969 g/mol. The highest BCUT2D eigenvalue weighted by atomic mass is 16.6. The zero-order chi connectivity index (χ0) is 54.4. The molecule has 0 spiro atoms. The third-order valence-electron chi connectivity index (χ3n) is 13.4. The minimum Gasteiger partial charge on any atom is -0.489 e. The van der Waals surface area contributed by atoms with Crippen molar-refractivity contribution in [3.63, 3.8) is 0 Å². The van der Waals surface area contributed by atoms with E-state index >= 15 is 0 Å². The Bertz CT molecular complexity index is 2050. The first-order valence-corrected chi connectivity index (χ1v) is 26.8. The predicted octanol–water partition coefficient (Wildman–Crippen LogP) is 6.48. The Kier molecular flexibility index (Phi) is 24.8. The zero-order valence-corrected chi connectivity index (χ0v) is 46.4. The van der Waals surface area contributed by atoms with Crippen LogP contribution in [0.5, 0.6) is 11.5 Å². The van der Waals surface area contributed by atoms with Crippen LogP contribution in [-0.4, -0.2) is 226 Å². The van der Waals surface area contributed by atoms with Gasteiger partial charge in [-0.2, -0.15) is 0 Å². The minimum absolute atomic E-state index is 0.208. The van der Waals surface area contributed by atoms with Crippen LogP contribution in [0.25, 0.3) is 0 Å². The molecule has 0 atom stereocenters. The number of amides is 2. The molecule has 75 heavy (non-hydrogen) atoms. The summed E-state index contributed by atoms with van der Waals surface area (Å²) in [7, 11) is 4.64. The van der Waals surface area contributed by atoms with Crippen molar-refractivity contribution in [2.24, 2.45) is 11.8 Å². The fraction of sp³-hybridized carbons (Fsp3) is 0.709. The molecule has 4 saturated heterocycles. The summed E-state index contributed by atoms with van der Waals surface area (Å²) in [5.74, 6) is 1.07. The maximum absolute atomic E-state index is 12.3. The van der Waals surface area contributed by atoms with Crippen molar-refractivity contribution in [3.8, 4) is 11.5 Å². The number of rotatable bonds is 22. The minimum atomic E-state index is -0.974. The maximum atomic E-state index is 12.3. The highest BCUT2D eigenvalue weighted by molar-refractivity contribution is 5.91. The van der Waals surface area contributed by atoms with Crippen LogP contribution in [0, 0.1) is 11.8 Å². The Morgan fingerprint density at radius 3 is 1.24 bits per heavy atom. The van der Waals surface area contributed by atoms with Crippen molar-refractivity contribution in [1.29, 1.82) is 0 Å². The molecular formula is C55H88N6O14. The number of aromatic carboxylic acids is 1. The van der Waals surface area contributed by atoms with Crippen molar-refractivity contribution in [2.75, 3.05) is 176 Å². The van der Waals surface area contributed by atoms with Crippen LogP contribution in [-0.2, 0) is 33.2 Å². The molecule has 0 saturated carbocycles. The van der Waals surface area contributed by atoms with Gasteiger partial charge in [0.1, 0.15) is 35.9 Å². The Balaban J connectivity index is 0.000000277. The molecule has 0 radical (unpaired) electrons.